The Balaban J connectivity index is 1.24. The fraction of sp³-hybridized carbons (Fsp3) is 0.300. The van der Waals surface area contributed by atoms with Crippen LogP contribution in [0.2, 0.25) is 0 Å². The van der Waals surface area contributed by atoms with Gasteiger partial charge in [0.1, 0.15) is 47.8 Å². The number of benzene rings is 2. The van der Waals surface area contributed by atoms with Gasteiger partial charge in [0.2, 0.25) is 0 Å². The molecule has 0 saturated carbocycles. The van der Waals surface area contributed by atoms with Crippen LogP contribution in [0.4, 0.5) is 0 Å². The van der Waals surface area contributed by atoms with E-state index < -0.39 is 0 Å². The second-order valence-electron chi connectivity index (χ2n) is 6.60. The molecule has 0 aliphatic carbocycles. The molecule has 0 spiro atoms. The predicted octanol–water partition coefficient (Wildman–Crippen LogP) is 3.40. The first-order valence-corrected chi connectivity index (χ1v) is 9.96. The van der Waals surface area contributed by atoms with Crippen LogP contribution in [0.1, 0.15) is 0 Å². The molecule has 0 bridgehead atoms. The Morgan fingerprint density at radius 1 is 0.741 bits per heavy atom. The lowest BCUT2D eigenvalue weighted by atomic mass is 10.2. The molecule has 2 unspecified atom stereocenters. The monoisotopic (exact) mass is 382 g/mol. The molecule has 0 N–H and O–H groups in total. The van der Waals surface area contributed by atoms with E-state index in [0.29, 0.717) is 21.4 Å². The van der Waals surface area contributed by atoms with Gasteiger partial charge >= 0.3 is 0 Å². The average molecular weight is 382 g/mol. The first-order chi connectivity index (χ1) is 13.3. The second-order valence-corrected chi connectivity index (χ2v) is 7.80. The van der Waals surface area contributed by atoms with E-state index in [1.807, 2.05) is 48.5 Å². The van der Waals surface area contributed by atoms with E-state index in [9.17, 15) is 0 Å². The number of epoxide rings is 2. The third kappa shape index (κ3) is 4.30. The minimum atomic E-state index is 0.264. The van der Waals surface area contributed by atoms with Gasteiger partial charge in [0.25, 0.3) is 0 Å². The molecule has 5 rings (SSSR count). The zero-order valence-electron chi connectivity index (χ0n) is 14.6. The molecule has 2 saturated heterocycles. The number of hydrogen-bond donors (Lipinski definition) is 0. The number of aromatic nitrogens is 2. The first kappa shape index (κ1) is 16.8. The van der Waals surface area contributed by atoms with Gasteiger partial charge in [-0.1, -0.05) is 8.19 Å². The quantitative estimate of drug-likeness (QED) is 0.556. The molecule has 3 heterocycles. The third-order valence-electron chi connectivity index (χ3n) is 4.42. The SMILES string of the molecule is c1cc(-c2nnc(-c3ccc(OCC4CO4)cc3)[pH]2)ccc1OCC1CO1. The van der Waals surface area contributed by atoms with Crippen LogP contribution in [0, 0.1) is 0 Å². The summed E-state index contributed by atoms with van der Waals surface area (Å²) in [5.74, 6) is 1.70. The van der Waals surface area contributed by atoms with Crippen LogP contribution >= 0.6 is 8.19 Å². The van der Waals surface area contributed by atoms with Crippen molar-refractivity contribution in [3.8, 4) is 33.5 Å². The molecular weight excluding hydrogens is 363 g/mol. The van der Waals surface area contributed by atoms with E-state index >= 15 is 0 Å². The summed E-state index contributed by atoms with van der Waals surface area (Å²) in [4.78, 5) is 0. The molecule has 0 amide bonds. The molecule has 3 aromatic rings. The van der Waals surface area contributed by atoms with E-state index in [0.717, 1.165) is 46.7 Å². The minimum Gasteiger partial charge on any atom is -0.491 e. The Morgan fingerprint density at radius 3 is 1.52 bits per heavy atom. The van der Waals surface area contributed by atoms with Gasteiger partial charge in [-0.15, -0.1) is 10.2 Å². The molecule has 7 heteroatoms. The molecule has 2 atom stereocenters. The van der Waals surface area contributed by atoms with E-state index in [1.54, 1.807) is 0 Å². The lowest BCUT2D eigenvalue weighted by Crippen LogP contribution is -2.03. The first-order valence-electron chi connectivity index (χ1n) is 8.96. The summed E-state index contributed by atoms with van der Waals surface area (Å²) in [7, 11) is 0.432. The summed E-state index contributed by atoms with van der Waals surface area (Å²) in [6.45, 7) is 2.84. The van der Waals surface area contributed by atoms with Crippen molar-refractivity contribution in [2.24, 2.45) is 0 Å². The van der Waals surface area contributed by atoms with Crippen LogP contribution in [-0.2, 0) is 9.47 Å². The molecule has 138 valence electrons. The number of nitrogens with zero attached hydrogens (tertiary/aromatic N) is 2. The van der Waals surface area contributed by atoms with Gasteiger partial charge in [-0.25, -0.2) is 0 Å². The van der Waals surface area contributed by atoms with E-state index in [-0.39, 0.29) is 12.2 Å². The molecule has 2 aliphatic heterocycles. The predicted molar refractivity (Wildman–Crippen MR) is 103 cm³/mol. The maximum absolute atomic E-state index is 5.68. The zero-order chi connectivity index (χ0) is 18.1. The molecule has 6 nitrogen and oxygen atoms in total. The summed E-state index contributed by atoms with van der Waals surface area (Å²) in [5, 5.41) is 8.75. The third-order valence-corrected chi connectivity index (χ3v) is 5.67. The van der Waals surface area contributed by atoms with Gasteiger partial charge in [0.15, 0.2) is 0 Å². The molecule has 2 aliphatic rings. The lowest BCUT2D eigenvalue weighted by molar-refractivity contribution is 0.263. The van der Waals surface area contributed by atoms with Gasteiger partial charge in [-0.3, -0.25) is 0 Å². The molecule has 1 aromatic heterocycles. The number of ether oxygens (including phenoxy) is 4. The molecule has 27 heavy (non-hydrogen) atoms. The number of hydrogen-bond acceptors (Lipinski definition) is 6. The highest BCUT2D eigenvalue weighted by Gasteiger charge is 2.23. The normalized spacial score (nSPS) is 20.6. The summed E-state index contributed by atoms with van der Waals surface area (Å²) < 4.78 is 21.7. The largest absolute Gasteiger partial charge is 0.491 e. The van der Waals surface area contributed by atoms with Crippen molar-refractivity contribution in [1.29, 1.82) is 0 Å². The van der Waals surface area contributed by atoms with Crippen molar-refractivity contribution < 1.29 is 18.9 Å². The molecule has 2 fully saturated rings. The number of rotatable bonds is 8. The smallest absolute Gasteiger partial charge is 0.119 e. The average Bonchev–Trinajstić information content (AvgIpc) is 3.65. The highest BCUT2D eigenvalue weighted by molar-refractivity contribution is 7.37. The van der Waals surface area contributed by atoms with Gasteiger partial charge < -0.3 is 18.9 Å². The molecule has 2 aromatic carbocycles. The summed E-state index contributed by atoms with van der Waals surface area (Å²) in [6.07, 6.45) is 0.528. The Morgan fingerprint density at radius 2 is 1.15 bits per heavy atom. The lowest BCUT2D eigenvalue weighted by Gasteiger charge is -2.04. The van der Waals surface area contributed by atoms with E-state index in [1.165, 1.54) is 0 Å². The standard InChI is InChI=1S/C20H19N2O4P/c1-5-15(23-9-17-11-25-17)6-2-13(1)19-21-22-20(27-19)14-3-7-16(8-4-14)24-10-18-12-26-18/h1-8,17-18,27H,9-12H2. The van der Waals surface area contributed by atoms with E-state index in [4.69, 9.17) is 18.9 Å². The van der Waals surface area contributed by atoms with Crippen LogP contribution < -0.4 is 9.47 Å². The van der Waals surface area contributed by atoms with Crippen molar-refractivity contribution in [2.75, 3.05) is 26.4 Å². The molecule has 0 radical (unpaired) electrons. The van der Waals surface area contributed by atoms with Crippen molar-refractivity contribution in [1.82, 2.24) is 10.2 Å². The van der Waals surface area contributed by atoms with Crippen molar-refractivity contribution >= 4 is 8.19 Å². The second kappa shape index (κ2) is 7.31. The van der Waals surface area contributed by atoms with Gasteiger partial charge in [0.05, 0.1) is 13.2 Å². The Kier molecular flexibility index (Phi) is 4.54. The maximum Gasteiger partial charge on any atom is 0.119 e. The Bertz CT molecular complexity index is 828. The van der Waals surface area contributed by atoms with Crippen molar-refractivity contribution in [3.63, 3.8) is 0 Å². The van der Waals surface area contributed by atoms with Crippen LogP contribution in [0.3, 0.4) is 0 Å². The fourth-order valence-corrected chi connectivity index (χ4v) is 3.69. The minimum absolute atomic E-state index is 0.264. The topological polar surface area (TPSA) is 69.3 Å². The Hall–Kier alpha value is -2.40. The van der Waals surface area contributed by atoms with Gasteiger partial charge in [-0.2, -0.15) is 0 Å². The maximum atomic E-state index is 5.68. The van der Waals surface area contributed by atoms with Crippen LogP contribution in [-0.4, -0.2) is 48.8 Å². The summed E-state index contributed by atoms with van der Waals surface area (Å²) in [5.41, 5.74) is 4.14. The zero-order valence-corrected chi connectivity index (χ0v) is 15.6. The van der Waals surface area contributed by atoms with Crippen LogP contribution in [0.25, 0.3) is 22.0 Å². The van der Waals surface area contributed by atoms with Gasteiger partial charge in [0, 0.05) is 11.1 Å². The van der Waals surface area contributed by atoms with Crippen LogP contribution in [0.15, 0.2) is 48.5 Å². The van der Waals surface area contributed by atoms with Crippen LogP contribution in [0.5, 0.6) is 11.5 Å². The van der Waals surface area contributed by atoms with Crippen molar-refractivity contribution in [2.45, 2.75) is 12.2 Å². The highest BCUT2D eigenvalue weighted by atomic mass is 31.0. The molecular formula is C20H19N2O4P. The van der Waals surface area contributed by atoms with Gasteiger partial charge in [-0.05, 0) is 48.5 Å². The van der Waals surface area contributed by atoms with Crippen molar-refractivity contribution in [3.05, 3.63) is 48.5 Å². The Labute approximate surface area is 158 Å². The summed E-state index contributed by atoms with van der Waals surface area (Å²) >= 11 is 0. The highest BCUT2D eigenvalue weighted by Crippen LogP contribution is 2.35. The fourth-order valence-electron chi connectivity index (χ4n) is 2.65. The van der Waals surface area contributed by atoms with E-state index in [2.05, 4.69) is 10.2 Å². The summed E-state index contributed by atoms with van der Waals surface area (Å²) in [6, 6.07) is 16.0.